The number of carbonyl (C=O) groups excluding carboxylic acids is 3. The van der Waals surface area contributed by atoms with E-state index in [1.807, 2.05) is 43.3 Å². The number of amides is 3. The maximum Gasteiger partial charge on any atom is 0.272 e. The van der Waals surface area contributed by atoms with Crippen molar-refractivity contribution in [2.24, 2.45) is 24.8 Å². The van der Waals surface area contributed by atoms with Gasteiger partial charge in [0.15, 0.2) is 0 Å². The molecule has 0 radical (unpaired) electrons. The van der Waals surface area contributed by atoms with Crippen LogP contribution in [-0.4, -0.2) is 57.9 Å². The molecule has 3 heterocycles. The maximum absolute atomic E-state index is 13.0. The van der Waals surface area contributed by atoms with Crippen molar-refractivity contribution in [3.8, 4) is 5.75 Å². The number of aliphatic imine (C=N–C) groups is 1. The van der Waals surface area contributed by atoms with Gasteiger partial charge < -0.3 is 35.6 Å². The highest BCUT2D eigenvalue weighted by molar-refractivity contribution is 6.07. The van der Waals surface area contributed by atoms with Crippen molar-refractivity contribution in [1.29, 1.82) is 0 Å². The Hall–Kier alpha value is -5.65. The number of ether oxygens (including phenoxy) is 1. The van der Waals surface area contributed by atoms with Crippen LogP contribution in [0.4, 0.5) is 11.4 Å². The largest absolute Gasteiger partial charge is 0.497 e. The predicted molar refractivity (Wildman–Crippen MR) is 172 cm³/mol. The van der Waals surface area contributed by atoms with Gasteiger partial charge in [-0.2, -0.15) is 0 Å². The first-order valence-electron chi connectivity index (χ1n) is 14.0. The Balaban J connectivity index is 1.33. The average Bonchev–Trinajstić information content (AvgIpc) is 3.57. The summed E-state index contributed by atoms with van der Waals surface area (Å²) in [5.74, 6) is 0.210. The Morgan fingerprint density at radius 1 is 0.909 bits per heavy atom. The predicted octanol–water partition coefficient (Wildman–Crippen LogP) is 3.94. The van der Waals surface area contributed by atoms with E-state index in [0.717, 1.165) is 11.3 Å². The van der Waals surface area contributed by atoms with Gasteiger partial charge in [0.1, 0.15) is 17.1 Å². The normalized spacial score (nSPS) is 11.4. The Kier molecular flexibility index (Phi) is 10.3. The van der Waals surface area contributed by atoms with Crippen molar-refractivity contribution in [1.82, 2.24) is 19.4 Å². The molecule has 3 amide bonds. The molecule has 12 heteroatoms. The van der Waals surface area contributed by atoms with Crippen LogP contribution >= 0.6 is 0 Å². The SMILES string of the molecule is CCN=C(N)CCNC(=O)c1cc(NC(=O)c2cc(NC(=O)c3ccc(/C=C/c4ccc(OC)cc4)nc3)cn2C)cn1C. The third-order valence-corrected chi connectivity index (χ3v) is 6.63. The summed E-state index contributed by atoms with van der Waals surface area (Å²) in [5.41, 5.74) is 9.43. The van der Waals surface area contributed by atoms with Gasteiger partial charge in [-0.15, -0.1) is 0 Å². The van der Waals surface area contributed by atoms with E-state index in [1.165, 1.54) is 6.20 Å². The van der Waals surface area contributed by atoms with Gasteiger partial charge in [-0.25, -0.2) is 0 Å². The molecule has 0 saturated carbocycles. The number of hydrogen-bond donors (Lipinski definition) is 4. The molecule has 44 heavy (non-hydrogen) atoms. The van der Waals surface area contributed by atoms with Crippen LogP contribution in [0.25, 0.3) is 12.2 Å². The number of anilines is 2. The van der Waals surface area contributed by atoms with Crippen LogP contribution in [0.15, 0.2) is 72.1 Å². The summed E-state index contributed by atoms with van der Waals surface area (Å²) in [4.78, 5) is 46.9. The van der Waals surface area contributed by atoms with Crippen LogP contribution in [0.1, 0.15) is 55.9 Å². The number of rotatable bonds is 12. The summed E-state index contributed by atoms with van der Waals surface area (Å²) in [6.07, 6.45) is 9.01. The number of hydrogen-bond acceptors (Lipinski definition) is 6. The standard InChI is InChI=1S/C32H36N8O4/c1-5-34-29(33)14-15-35-31(42)27-16-25(20-39(27)2)38-32(43)28-17-24(19-40(28)3)37-30(41)22-9-11-23(36-18-22)10-6-21-7-12-26(44-4)13-8-21/h6-13,16-20H,5,14-15H2,1-4H3,(H2,33,34)(H,35,42)(H,37,41)(H,38,43)/b10-6+. The molecule has 5 N–H and O–H groups in total. The number of aromatic nitrogens is 3. The summed E-state index contributed by atoms with van der Waals surface area (Å²) in [6.45, 7) is 2.83. The molecule has 3 aromatic heterocycles. The quantitative estimate of drug-likeness (QED) is 0.143. The van der Waals surface area contributed by atoms with E-state index in [9.17, 15) is 14.4 Å². The van der Waals surface area contributed by atoms with Crippen LogP contribution in [0, 0.1) is 0 Å². The van der Waals surface area contributed by atoms with Crippen LogP contribution in [0.3, 0.4) is 0 Å². The van der Waals surface area contributed by atoms with Crippen molar-refractivity contribution in [2.75, 3.05) is 30.8 Å². The number of carbonyl (C=O) groups is 3. The minimum Gasteiger partial charge on any atom is -0.497 e. The lowest BCUT2D eigenvalue weighted by Gasteiger charge is -2.05. The first-order chi connectivity index (χ1) is 21.2. The summed E-state index contributed by atoms with van der Waals surface area (Å²) < 4.78 is 8.40. The lowest BCUT2D eigenvalue weighted by Crippen LogP contribution is -2.29. The molecular weight excluding hydrogens is 560 g/mol. The molecule has 12 nitrogen and oxygen atoms in total. The molecule has 0 fully saturated rings. The van der Waals surface area contributed by atoms with E-state index < -0.39 is 5.91 Å². The molecule has 228 valence electrons. The van der Waals surface area contributed by atoms with Crippen molar-refractivity contribution in [3.63, 3.8) is 0 Å². The molecule has 0 saturated heterocycles. The number of pyridine rings is 1. The first-order valence-corrected chi connectivity index (χ1v) is 14.0. The topological polar surface area (TPSA) is 158 Å². The minimum absolute atomic E-state index is 0.294. The summed E-state index contributed by atoms with van der Waals surface area (Å²) in [5, 5.41) is 8.41. The second-order valence-corrected chi connectivity index (χ2v) is 9.91. The number of methoxy groups -OCH3 is 1. The zero-order chi connectivity index (χ0) is 31.6. The fourth-order valence-electron chi connectivity index (χ4n) is 4.33. The Morgan fingerprint density at radius 2 is 1.55 bits per heavy atom. The zero-order valence-corrected chi connectivity index (χ0v) is 25.1. The van der Waals surface area contributed by atoms with Crippen LogP contribution < -0.4 is 26.4 Å². The third kappa shape index (κ3) is 8.22. The lowest BCUT2D eigenvalue weighted by molar-refractivity contribution is 0.0945. The van der Waals surface area contributed by atoms with Gasteiger partial charge in [-0.1, -0.05) is 18.2 Å². The van der Waals surface area contributed by atoms with Crippen molar-refractivity contribution in [3.05, 3.63) is 95.3 Å². The highest BCUT2D eigenvalue weighted by Gasteiger charge is 2.17. The summed E-state index contributed by atoms with van der Waals surface area (Å²) in [7, 11) is 5.04. The molecule has 0 unspecified atom stereocenters. The molecule has 0 aliphatic rings. The first kappa shape index (κ1) is 31.3. The van der Waals surface area contributed by atoms with E-state index in [2.05, 4.69) is 25.9 Å². The second kappa shape index (κ2) is 14.5. The Morgan fingerprint density at radius 3 is 2.14 bits per heavy atom. The van der Waals surface area contributed by atoms with Gasteiger partial charge in [0, 0.05) is 52.2 Å². The van der Waals surface area contributed by atoms with E-state index in [4.69, 9.17) is 10.5 Å². The molecule has 0 atom stereocenters. The van der Waals surface area contributed by atoms with E-state index >= 15 is 0 Å². The summed E-state index contributed by atoms with van der Waals surface area (Å²) >= 11 is 0. The second-order valence-electron chi connectivity index (χ2n) is 9.91. The van der Waals surface area contributed by atoms with E-state index in [0.29, 0.717) is 59.4 Å². The number of nitrogens with one attached hydrogen (secondary N) is 3. The van der Waals surface area contributed by atoms with Crippen LogP contribution in [0.5, 0.6) is 5.75 Å². The fourth-order valence-corrected chi connectivity index (χ4v) is 4.33. The number of benzene rings is 1. The van der Waals surface area contributed by atoms with E-state index in [-0.39, 0.29) is 11.8 Å². The average molecular weight is 597 g/mol. The monoisotopic (exact) mass is 596 g/mol. The third-order valence-electron chi connectivity index (χ3n) is 6.63. The Bertz CT molecular complexity index is 1680. The van der Waals surface area contributed by atoms with Crippen molar-refractivity contribution >= 4 is 47.1 Å². The molecule has 0 aliphatic carbocycles. The summed E-state index contributed by atoms with van der Waals surface area (Å²) in [6, 6.07) is 14.2. The van der Waals surface area contributed by atoms with Gasteiger partial charge in [0.25, 0.3) is 17.7 Å². The number of amidine groups is 1. The van der Waals surface area contributed by atoms with Gasteiger partial charge in [-0.05, 0) is 55.0 Å². The highest BCUT2D eigenvalue weighted by atomic mass is 16.5. The lowest BCUT2D eigenvalue weighted by atomic mass is 10.1. The van der Waals surface area contributed by atoms with Crippen molar-refractivity contribution < 1.29 is 19.1 Å². The molecule has 4 rings (SSSR count). The van der Waals surface area contributed by atoms with Crippen LogP contribution in [0.2, 0.25) is 0 Å². The number of nitrogens with zero attached hydrogens (tertiary/aromatic N) is 4. The zero-order valence-electron chi connectivity index (χ0n) is 25.1. The molecule has 0 aliphatic heterocycles. The highest BCUT2D eigenvalue weighted by Crippen LogP contribution is 2.19. The molecule has 1 aromatic carbocycles. The van der Waals surface area contributed by atoms with Crippen molar-refractivity contribution in [2.45, 2.75) is 13.3 Å². The minimum atomic E-state index is -0.399. The van der Waals surface area contributed by atoms with Gasteiger partial charge in [-0.3, -0.25) is 24.4 Å². The number of nitrogens with two attached hydrogens (primary N) is 1. The van der Waals surface area contributed by atoms with Crippen LogP contribution in [-0.2, 0) is 14.1 Å². The maximum atomic E-state index is 13.0. The van der Waals surface area contributed by atoms with Gasteiger partial charge >= 0.3 is 0 Å². The number of aryl methyl sites for hydroxylation is 2. The van der Waals surface area contributed by atoms with E-state index in [1.54, 1.807) is 67.0 Å². The van der Waals surface area contributed by atoms with Gasteiger partial charge in [0.05, 0.1) is 35.6 Å². The smallest absolute Gasteiger partial charge is 0.272 e. The molecule has 0 bridgehead atoms. The van der Waals surface area contributed by atoms with Gasteiger partial charge in [0.2, 0.25) is 0 Å². The molecular formula is C32H36N8O4. The molecule has 4 aromatic rings. The Labute approximate surface area is 255 Å². The molecule has 0 spiro atoms. The fraction of sp³-hybridized carbons (Fsp3) is 0.219.